The molecule has 10 heteroatoms. The van der Waals surface area contributed by atoms with Crippen molar-refractivity contribution in [2.75, 3.05) is 18.5 Å². The van der Waals surface area contributed by atoms with Gasteiger partial charge in [-0.25, -0.2) is 14.6 Å². The number of rotatable bonds is 10. The summed E-state index contributed by atoms with van der Waals surface area (Å²) in [6, 6.07) is 16.1. The van der Waals surface area contributed by atoms with Gasteiger partial charge in [0.1, 0.15) is 16.3 Å². The number of esters is 2. The van der Waals surface area contributed by atoms with Crippen molar-refractivity contribution in [2.24, 2.45) is 0 Å². The highest BCUT2D eigenvalue weighted by molar-refractivity contribution is 7.20. The second-order valence-corrected chi connectivity index (χ2v) is 9.55. The molecule has 0 saturated carbocycles. The number of fused-ring (bicyclic) bond motifs is 1. The smallest absolute Gasteiger partial charge is 0.348 e. The monoisotopic (exact) mass is 533 g/mol. The van der Waals surface area contributed by atoms with E-state index < -0.39 is 23.4 Å². The first-order valence-corrected chi connectivity index (χ1v) is 13.0. The van der Waals surface area contributed by atoms with E-state index in [4.69, 9.17) is 9.47 Å². The average Bonchev–Trinajstić information content (AvgIpc) is 3.26. The standard InChI is InChI=1S/C28H27N3O6S/c1-3-13-36-27(34)20-10-7-11-21(15-20)30-22(32)16-31-17-29-25-23(26(31)33)18(2)24(38-25)28(35)37-14-12-19-8-5-4-6-9-19/h4-11,15,17H,3,12-14,16H2,1-2H3,(H,30,32). The second kappa shape index (κ2) is 12.3. The van der Waals surface area contributed by atoms with Crippen LogP contribution >= 0.6 is 11.3 Å². The molecule has 38 heavy (non-hydrogen) atoms. The van der Waals surface area contributed by atoms with Crippen molar-refractivity contribution in [2.45, 2.75) is 33.2 Å². The number of thiophene rings is 1. The zero-order valence-corrected chi connectivity index (χ0v) is 21.9. The SMILES string of the molecule is CCCOC(=O)c1cccc(NC(=O)Cn2cnc3sc(C(=O)OCCc4ccccc4)c(C)c3c2=O)c1. The molecule has 0 aliphatic rings. The van der Waals surface area contributed by atoms with Crippen LogP contribution in [0.15, 0.2) is 65.7 Å². The summed E-state index contributed by atoms with van der Waals surface area (Å²) < 4.78 is 11.7. The topological polar surface area (TPSA) is 117 Å². The lowest BCUT2D eigenvalue weighted by Crippen LogP contribution is -2.28. The highest BCUT2D eigenvalue weighted by Gasteiger charge is 2.21. The summed E-state index contributed by atoms with van der Waals surface area (Å²) in [4.78, 5) is 55.6. The van der Waals surface area contributed by atoms with Gasteiger partial charge >= 0.3 is 11.9 Å². The molecule has 2 heterocycles. The first kappa shape index (κ1) is 26.7. The van der Waals surface area contributed by atoms with E-state index in [9.17, 15) is 19.2 Å². The Kier molecular flexibility index (Phi) is 8.65. The minimum Gasteiger partial charge on any atom is -0.462 e. The fourth-order valence-electron chi connectivity index (χ4n) is 3.80. The minimum absolute atomic E-state index is 0.214. The van der Waals surface area contributed by atoms with Gasteiger partial charge in [-0.1, -0.05) is 43.3 Å². The molecule has 1 N–H and O–H groups in total. The van der Waals surface area contributed by atoms with Crippen LogP contribution in [0.5, 0.6) is 0 Å². The van der Waals surface area contributed by atoms with Crippen molar-refractivity contribution in [3.8, 4) is 0 Å². The maximum absolute atomic E-state index is 13.2. The largest absolute Gasteiger partial charge is 0.462 e. The maximum atomic E-state index is 13.2. The third kappa shape index (κ3) is 6.33. The van der Waals surface area contributed by atoms with Crippen LogP contribution in [-0.4, -0.2) is 40.6 Å². The van der Waals surface area contributed by atoms with Gasteiger partial charge in [0.25, 0.3) is 5.56 Å². The predicted octanol–water partition coefficient (Wildman–Crippen LogP) is 4.37. The van der Waals surface area contributed by atoms with E-state index in [1.54, 1.807) is 25.1 Å². The third-order valence-corrected chi connectivity index (χ3v) is 6.88. The summed E-state index contributed by atoms with van der Waals surface area (Å²) in [7, 11) is 0. The number of anilines is 1. The van der Waals surface area contributed by atoms with Crippen molar-refractivity contribution in [1.29, 1.82) is 0 Å². The Morgan fingerprint density at radius 3 is 2.53 bits per heavy atom. The van der Waals surface area contributed by atoms with Gasteiger partial charge in [0, 0.05) is 12.1 Å². The van der Waals surface area contributed by atoms with Crippen molar-refractivity contribution in [3.63, 3.8) is 0 Å². The van der Waals surface area contributed by atoms with E-state index in [0.717, 1.165) is 16.9 Å². The van der Waals surface area contributed by atoms with Crippen LogP contribution in [0.25, 0.3) is 10.2 Å². The number of nitrogens with one attached hydrogen (secondary N) is 1. The Labute approximate surface area is 223 Å². The highest BCUT2D eigenvalue weighted by atomic mass is 32.1. The van der Waals surface area contributed by atoms with E-state index in [1.807, 2.05) is 37.3 Å². The summed E-state index contributed by atoms with van der Waals surface area (Å²) in [6.45, 7) is 3.80. The molecular formula is C28H27N3O6S. The molecule has 1 amide bonds. The molecule has 0 fully saturated rings. The second-order valence-electron chi connectivity index (χ2n) is 8.55. The third-order valence-electron chi connectivity index (χ3n) is 5.70. The molecule has 4 aromatic rings. The summed E-state index contributed by atoms with van der Waals surface area (Å²) in [6.07, 6.45) is 2.57. The van der Waals surface area contributed by atoms with E-state index in [-0.39, 0.29) is 18.5 Å². The Balaban J connectivity index is 1.44. The molecule has 0 radical (unpaired) electrons. The predicted molar refractivity (Wildman–Crippen MR) is 145 cm³/mol. The van der Waals surface area contributed by atoms with E-state index in [2.05, 4.69) is 10.3 Å². The number of aryl methyl sites for hydroxylation is 1. The number of carbonyl (C=O) groups excluding carboxylic acids is 3. The number of nitrogens with zero attached hydrogens (tertiary/aromatic N) is 2. The molecule has 0 unspecified atom stereocenters. The first-order valence-electron chi connectivity index (χ1n) is 12.1. The van der Waals surface area contributed by atoms with Crippen LogP contribution in [-0.2, 0) is 27.2 Å². The molecule has 2 aromatic heterocycles. The Hall–Kier alpha value is -4.31. The molecule has 0 aliphatic heterocycles. The fraction of sp³-hybridized carbons (Fsp3) is 0.250. The lowest BCUT2D eigenvalue weighted by molar-refractivity contribution is -0.116. The molecule has 2 aromatic carbocycles. The Morgan fingerprint density at radius 2 is 1.76 bits per heavy atom. The number of benzene rings is 2. The minimum atomic E-state index is -0.512. The summed E-state index contributed by atoms with van der Waals surface area (Å²) in [5.74, 6) is -1.46. The fourth-order valence-corrected chi connectivity index (χ4v) is 4.83. The summed E-state index contributed by atoms with van der Waals surface area (Å²) in [5.41, 5.74) is 1.81. The first-order chi connectivity index (χ1) is 18.4. The van der Waals surface area contributed by atoms with Crippen LogP contribution in [0.3, 0.4) is 0 Å². The van der Waals surface area contributed by atoms with Crippen LogP contribution in [0.2, 0.25) is 0 Å². The molecule has 196 valence electrons. The summed E-state index contributed by atoms with van der Waals surface area (Å²) in [5, 5.41) is 2.96. The molecule has 9 nitrogen and oxygen atoms in total. The van der Waals surface area contributed by atoms with Crippen LogP contribution in [0.1, 0.15) is 44.5 Å². The number of aromatic nitrogens is 2. The number of ether oxygens (including phenoxy) is 2. The zero-order valence-electron chi connectivity index (χ0n) is 21.1. The molecule has 0 saturated heterocycles. The lowest BCUT2D eigenvalue weighted by Gasteiger charge is -2.09. The lowest BCUT2D eigenvalue weighted by atomic mass is 10.2. The molecule has 4 rings (SSSR count). The van der Waals surface area contributed by atoms with Crippen molar-refractivity contribution in [3.05, 3.63) is 92.8 Å². The van der Waals surface area contributed by atoms with Crippen molar-refractivity contribution in [1.82, 2.24) is 9.55 Å². The Bertz CT molecular complexity index is 1530. The summed E-state index contributed by atoms with van der Waals surface area (Å²) >= 11 is 1.09. The molecule has 0 aliphatic carbocycles. The highest BCUT2D eigenvalue weighted by Crippen LogP contribution is 2.27. The maximum Gasteiger partial charge on any atom is 0.348 e. The van der Waals surface area contributed by atoms with Gasteiger partial charge in [-0.3, -0.25) is 14.2 Å². The van der Waals surface area contributed by atoms with Crippen LogP contribution < -0.4 is 10.9 Å². The van der Waals surface area contributed by atoms with Gasteiger partial charge in [-0.2, -0.15) is 0 Å². The van der Waals surface area contributed by atoms with E-state index in [1.165, 1.54) is 17.0 Å². The molecule has 0 atom stereocenters. The average molecular weight is 534 g/mol. The van der Waals surface area contributed by atoms with Crippen molar-refractivity contribution < 1.29 is 23.9 Å². The Morgan fingerprint density at radius 1 is 1.00 bits per heavy atom. The quantitative estimate of drug-likeness (QED) is 0.301. The molecular weight excluding hydrogens is 506 g/mol. The van der Waals surface area contributed by atoms with Gasteiger partial charge < -0.3 is 14.8 Å². The number of carbonyl (C=O) groups is 3. The molecule has 0 bridgehead atoms. The van der Waals surface area contributed by atoms with E-state index >= 15 is 0 Å². The number of amides is 1. The van der Waals surface area contributed by atoms with Gasteiger partial charge in [-0.15, -0.1) is 11.3 Å². The molecule has 0 spiro atoms. The van der Waals surface area contributed by atoms with Crippen molar-refractivity contribution >= 4 is 45.1 Å². The van der Waals surface area contributed by atoms with Gasteiger partial charge in [0.15, 0.2) is 0 Å². The van der Waals surface area contributed by atoms with Crippen LogP contribution in [0.4, 0.5) is 5.69 Å². The zero-order chi connectivity index (χ0) is 27.1. The van der Waals surface area contributed by atoms with Gasteiger partial charge in [0.05, 0.1) is 30.5 Å². The van der Waals surface area contributed by atoms with E-state index in [0.29, 0.717) is 46.0 Å². The van der Waals surface area contributed by atoms with Gasteiger partial charge in [-0.05, 0) is 42.7 Å². The van der Waals surface area contributed by atoms with Gasteiger partial charge in [0.2, 0.25) is 5.91 Å². The normalized spacial score (nSPS) is 10.8. The van der Waals surface area contributed by atoms with Crippen LogP contribution in [0, 0.1) is 6.92 Å². The number of hydrogen-bond donors (Lipinski definition) is 1. The number of hydrogen-bond acceptors (Lipinski definition) is 8.